The number of nitrogens with two attached hydrogens (primary N) is 1. The van der Waals surface area contributed by atoms with Crippen LogP contribution >= 0.6 is 0 Å². The highest BCUT2D eigenvalue weighted by Crippen LogP contribution is 2.17. The Hall–Kier alpha value is -2.11. The van der Waals surface area contributed by atoms with Gasteiger partial charge in [-0.1, -0.05) is 19.3 Å². The first kappa shape index (κ1) is 15.3. The van der Waals surface area contributed by atoms with Gasteiger partial charge in [0.05, 0.1) is 11.9 Å². The Morgan fingerprint density at radius 3 is 2.67 bits per heavy atom. The Labute approximate surface area is 124 Å². The summed E-state index contributed by atoms with van der Waals surface area (Å²) in [7, 11) is 0. The van der Waals surface area contributed by atoms with Gasteiger partial charge in [0.2, 0.25) is 0 Å². The number of nitrogens with zero attached hydrogens (tertiary/aromatic N) is 1. The van der Waals surface area contributed by atoms with Crippen LogP contribution in [0.5, 0.6) is 0 Å². The maximum Gasteiger partial charge on any atom is 0.357 e. The highest BCUT2D eigenvalue weighted by atomic mass is 16.5. The summed E-state index contributed by atoms with van der Waals surface area (Å²) in [5.74, 6) is -0.882. The van der Waals surface area contributed by atoms with Crippen LogP contribution in [0.15, 0.2) is 18.3 Å². The minimum Gasteiger partial charge on any atom is -0.448 e. The van der Waals surface area contributed by atoms with Crippen LogP contribution in [0.3, 0.4) is 0 Å². The van der Waals surface area contributed by atoms with E-state index < -0.39 is 12.1 Å². The number of nitrogens with one attached hydrogen (secondary N) is 1. The number of anilines is 1. The number of aromatic nitrogens is 1. The van der Waals surface area contributed by atoms with Crippen molar-refractivity contribution in [2.24, 2.45) is 0 Å². The summed E-state index contributed by atoms with van der Waals surface area (Å²) in [5.41, 5.74) is 6.11. The number of rotatable bonds is 4. The fourth-order valence-electron chi connectivity index (χ4n) is 2.37. The van der Waals surface area contributed by atoms with E-state index in [2.05, 4.69) is 10.3 Å². The zero-order chi connectivity index (χ0) is 15.2. The lowest BCUT2D eigenvalue weighted by Gasteiger charge is -2.24. The summed E-state index contributed by atoms with van der Waals surface area (Å²) in [4.78, 5) is 27.7. The summed E-state index contributed by atoms with van der Waals surface area (Å²) < 4.78 is 5.13. The lowest BCUT2D eigenvalue weighted by molar-refractivity contribution is -0.130. The largest absolute Gasteiger partial charge is 0.448 e. The van der Waals surface area contributed by atoms with Gasteiger partial charge in [-0.05, 0) is 31.9 Å². The molecular weight excluding hydrogens is 270 g/mol. The fraction of sp³-hybridized carbons (Fsp3) is 0.533. The summed E-state index contributed by atoms with van der Waals surface area (Å²) in [6.45, 7) is 1.56. The molecular formula is C15H21N3O3. The van der Waals surface area contributed by atoms with E-state index in [4.69, 9.17) is 10.5 Å². The smallest absolute Gasteiger partial charge is 0.357 e. The first-order valence-corrected chi connectivity index (χ1v) is 7.29. The minimum absolute atomic E-state index is 0.140. The van der Waals surface area contributed by atoms with Crippen molar-refractivity contribution in [3.63, 3.8) is 0 Å². The topological polar surface area (TPSA) is 94.3 Å². The Morgan fingerprint density at radius 2 is 2.05 bits per heavy atom. The molecule has 0 spiro atoms. The minimum atomic E-state index is -0.834. The van der Waals surface area contributed by atoms with Gasteiger partial charge >= 0.3 is 5.97 Å². The standard InChI is InChI=1S/C15H21N3O3/c1-10(14(19)18-12-5-3-2-4-6-12)21-15(20)13-8-7-11(16)9-17-13/h7-10,12H,2-6,16H2,1H3,(H,18,19). The normalized spacial score (nSPS) is 17.0. The molecule has 1 heterocycles. The van der Waals surface area contributed by atoms with Crippen molar-refractivity contribution in [1.29, 1.82) is 0 Å². The van der Waals surface area contributed by atoms with E-state index in [9.17, 15) is 9.59 Å². The number of hydrogen-bond acceptors (Lipinski definition) is 5. The number of amides is 1. The molecule has 6 heteroatoms. The summed E-state index contributed by atoms with van der Waals surface area (Å²) >= 11 is 0. The van der Waals surface area contributed by atoms with Gasteiger partial charge in [-0.15, -0.1) is 0 Å². The van der Waals surface area contributed by atoms with Crippen LogP contribution in [0.1, 0.15) is 49.5 Å². The van der Waals surface area contributed by atoms with Crippen LogP contribution < -0.4 is 11.1 Å². The Morgan fingerprint density at radius 1 is 1.33 bits per heavy atom. The van der Waals surface area contributed by atoms with Gasteiger partial charge in [-0.2, -0.15) is 0 Å². The number of nitrogen functional groups attached to an aromatic ring is 1. The highest BCUT2D eigenvalue weighted by Gasteiger charge is 2.23. The Bertz CT molecular complexity index is 495. The second-order valence-corrected chi connectivity index (χ2v) is 5.37. The van der Waals surface area contributed by atoms with Crippen LogP contribution in [0, 0.1) is 0 Å². The molecule has 1 aliphatic carbocycles. The quantitative estimate of drug-likeness (QED) is 0.823. The second kappa shape index (κ2) is 7.06. The number of ether oxygens (including phenoxy) is 1. The lowest BCUT2D eigenvalue weighted by atomic mass is 9.95. The third kappa shape index (κ3) is 4.44. The van der Waals surface area contributed by atoms with Crippen molar-refractivity contribution < 1.29 is 14.3 Å². The van der Waals surface area contributed by atoms with Crippen LogP contribution in [0.4, 0.5) is 5.69 Å². The third-order valence-electron chi connectivity index (χ3n) is 3.60. The van der Waals surface area contributed by atoms with E-state index in [0.29, 0.717) is 5.69 Å². The predicted octanol–water partition coefficient (Wildman–Crippen LogP) is 1.66. The van der Waals surface area contributed by atoms with Crippen LogP contribution in [-0.2, 0) is 9.53 Å². The molecule has 3 N–H and O–H groups in total. The van der Waals surface area contributed by atoms with Gasteiger partial charge in [0, 0.05) is 6.04 Å². The molecule has 0 aromatic carbocycles. The van der Waals surface area contributed by atoms with Gasteiger partial charge in [0.25, 0.3) is 5.91 Å². The molecule has 0 saturated heterocycles. The lowest BCUT2D eigenvalue weighted by Crippen LogP contribution is -2.42. The Kier molecular flexibility index (Phi) is 5.14. The van der Waals surface area contributed by atoms with Crippen molar-refractivity contribution in [2.75, 3.05) is 5.73 Å². The average molecular weight is 291 g/mol. The maximum atomic E-state index is 12.0. The molecule has 1 unspecified atom stereocenters. The van der Waals surface area contributed by atoms with E-state index in [1.165, 1.54) is 18.7 Å². The Balaban J connectivity index is 1.84. The zero-order valence-corrected chi connectivity index (χ0v) is 12.2. The summed E-state index contributed by atoms with van der Waals surface area (Å²) in [6.07, 6.45) is 6.02. The predicted molar refractivity (Wildman–Crippen MR) is 78.5 cm³/mol. The fourth-order valence-corrected chi connectivity index (χ4v) is 2.37. The third-order valence-corrected chi connectivity index (χ3v) is 3.60. The van der Waals surface area contributed by atoms with Gasteiger partial charge < -0.3 is 15.8 Å². The first-order chi connectivity index (χ1) is 10.1. The summed E-state index contributed by atoms with van der Waals surface area (Å²) in [5, 5.41) is 2.93. The van der Waals surface area contributed by atoms with Crippen LogP contribution in [0.2, 0.25) is 0 Å². The molecule has 21 heavy (non-hydrogen) atoms. The first-order valence-electron chi connectivity index (χ1n) is 7.29. The van der Waals surface area contributed by atoms with E-state index in [1.807, 2.05) is 0 Å². The van der Waals surface area contributed by atoms with E-state index in [0.717, 1.165) is 25.7 Å². The number of hydrogen-bond donors (Lipinski definition) is 2. The SMILES string of the molecule is CC(OC(=O)c1ccc(N)cn1)C(=O)NC1CCCCC1. The number of esters is 1. The molecule has 1 aromatic heterocycles. The molecule has 1 atom stereocenters. The van der Waals surface area contributed by atoms with Gasteiger partial charge in [0.15, 0.2) is 6.10 Å². The number of carbonyl (C=O) groups excluding carboxylic acids is 2. The molecule has 1 aliphatic rings. The zero-order valence-electron chi connectivity index (χ0n) is 12.2. The van der Waals surface area contributed by atoms with Crippen molar-refractivity contribution >= 4 is 17.6 Å². The molecule has 0 radical (unpaired) electrons. The maximum absolute atomic E-state index is 12.0. The van der Waals surface area contributed by atoms with Gasteiger partial charge in [-0.3, -0.25) is 4.79 Å². The highest BCUT2D eigenvalue weighted by molar-refractivity contribution is 5.90. The molecule has 1 saturated carbocycles. The molecule has 6 nitrogen and oxygen atoms in total. The molecule has 2 rings (SSSR count). The molecule has 1 aromatic rings. The van der Waals surface area contributed by atoms with Gasteiger partial charge in [-0.25, -0.2) is 9.78 Å². The van der Waals surface area contributed by atoms with Crippen LogP contribution in [-0.4, -0.2) is 29.0 Å². The molecule has 0 bridgehead atoms. The van der Waals surface area contributed by atoms with E-state index in [1.54, 1.807) is 13.0 Å². The monoisotopic (exact) mass is 291 g/mol. The van der Waals surface area contributed by atoms with Crippen molar-refractivity contribution in [3.8, 4) is 0 Å². The number of carbonyl (C=O) groups is 2. The van der Waals surface area contributed by atoms with Crippen LogP contribution in [0.25, 0.3) is 0 Å². The van der Waals surface area contributed by atoms with E-state index in [-0.39, 0.29) is 17.6 Å². The van der Waals surface area contributed by atoms with Crippen molar-refractivity contribution in [3.05, 3.63) is 24.0 Å². The molecule has 1 fully saturated rings. The molecule has 114 valence electrons. The summed E-state index contributed by atoms with van der Waals surface area (Å²) in [6, 6.07) is 3.24. The molecule has 1 amide bonds. The second-order valence-electron chi connectivity index (χ2n) is 5.37. The van der Waals surface area contributed by atoms with Crippen molar-refractivity contribution in [1.82, 2.24) is 10.3 Å². The van der Waals surface area contributed by atoms with E-state index >= 15 is 0 Å². The molecule has 0 aliphatic heterocycles. The number of pyridine rings is 1. The average Bonchev–Trinajstić information content (AvgIpc) is 2.48. The van der Waals surface area contributed by atoms with Crippen molar-refractivity contribution in [2.45, 2.75) is 51.2 Å². The van der Waals surface area contributed by atoms with Gasteiger partial charge in [0.1, 0.15) is 5.69 Å².